The highest BCUT2D eigenvalue weighted by Gasteiger charge is 2.25. The van der Waals surface area contributed by atoms with Crippen LogP contribution in [0.1, 0.15) is 22.5 Å². The van der Waals surface area contributed by atoms with Gasteiger partial charge in [0.15, 0.2) is 0 Å². The maximum absolute atomic E-state index is 12.7. The summed E-state index contributed by atoms with van der Waals surface area (Å²) in [5.74, 6) is 0.388. The van der Waals surface area contributed by atoms with Gasteiger partial charge in [-0.25, -0.2) is 0 Å². The van der Waals surface area contributed by atoms with Gasteiger partial charge in [0, 0.05) is 38.7 Å². The molecule has 3 heterocycles. The molecule has 0 saturated carbocycles. The number of carbonyl (C=O) groups is 1. The van der Waals surface area contributed by atoms with Crippen LogP contribution in [-0.2, 0) is 17.8 Å². The van der Waals surface area contributed by atoms with Crippen LogP contribution in [0.15, 0.2) is 36.8 Å². The first-order valence-electron chi connectivity index (χ1n) is 7.47. The van der Waals surface area contributed by atoms with Crippen LogP contribution >= 0.6 is 0 Å². The molecule has 0 fully saturated rings. The molecule has 0 N–H and O–H groups in total. The van der Waals surface area contributed by atoms with Gasteiger partial charge >= 0.3 is 0 Å². The van der Waals surface area contributed by atoms with Gasteiger partial charge in [0.25, 0.3) is 5.91 Å². The van der Waals surface area contributed by atoms with Crippen molar-refractivity contribution in [2.45, 2.75) is 19.5 Å². The third-order valence-electron chi connectivity index (χ3n) is 4.06. The predicted octanol–water partition coefficient (Wildman–Crippen LogP) is 1.59. The molecule has 116 valence electrons. The highest BCUT2D eigenvalue weighted by atomic mass is 16.5. The molecule has 2 aromatic rings. The number of hydrogen-bond acceptors (Lipinski definition) is 4. The summed E-state index contributed by atoms with van der Waals surface area (Å²) in [6.45, 7) is 2.98. The van der Waals surface area contributed by atoms with Crippen LogP contribution in [0.25, 0.3) is 0 Å². The smallest absolute Gasteiger partial charge is 0.255 e. The van der Waals surface area contributed by atoms with Crippen molar-refractivity contribution in [3.05, 3.63) is 48.0 Å². The Morgan fingerprint density at radius 2 is 2.27 bits per heavy atom. The minimum absolute atomic E-state index is 0.00645. The number of carbonyl (C=O) groups excluding carboxylic acids is 1. The molecule has 0 unspecified atom stereocenters. The second-order valence-corrected chi connectivity index (χ2v) is 5.62. The molecule has 1 atom stereocenters. The van der Waals surface area contributed by atoms with E-state index >= 15 is 0 Å². The summed E-state index contributed by atoms with van der Waals surface area (Å²) in [7, 11) is 1.71. The predicted molar refractivity (Wildman–Crippen MR) is 81.2 cm³/mol. The average Bonchev–Trinajstić information content (AvgIpc) is 2.91. The first kappa shape index (κ1) is 14.7. The molecule has 3 rings (SSSR count). The molecule has 2 aromatic heterocycles. The lowest BCUT2D eigenvalue weighted by Gasteiger charge is -2.24. The number of amides is 1. The lowest BCUT2D eigenvalue weighted by molar-refractivity contribution is 0.0704. The number of nitrogens with zero attached hydrogens (tertiary/aromatic N) is 4. The monoisotopic (exact) mass is 300 g/mol. The van der Waals surface area contributed by atoms with E-state index in [4.69, 9.17) is 4.74 Å². The van der Waals surface area contributed by atoms with E-state index in [0.717, 1.165) is 25.2 Å². The van der Waals surface area contributed by atoms with Crippen molar-refractivity contribution in [3.8, 4) is 0 Å². The summed E-state index contributed by atoms with van der Waals surface area (Å²) in [4.78, 5) is 14.6. The molecule has 22 heavy (non-hydrogen) atoms. The first-order valence-corrected chi connectivity index (χ1v) is 7.47. The van der Waals surface area contributed by atoms with Crippen molar-refractivity contribution in [3.63, 3.8) is 0 Å². The summed E-state index contributed by atoms with van der Waals surface area (Å²) in [6.07, 6.45) is 6.09. The zero-order chi connectivity index (χ0) is 15.4. The van der Waals surface area contributed by atoms with Gasteiger partial charge in [-0.1, -0.05) is 0 Å². The average molecular weight is 300 g/mol. The number of hydrogen-bond donors (Lipinski definition) is 0. The molecule has 0 saturated heterocycles. The SMILES string of the molecule is COCC[C@@H]1CN(C(=O)c2ccnnc2)Cc2cccn2C1. The number of aromatic nitrogens is 3. The van der Waals surface area contributed by atoms with E-state index in [2.05, 4.69) is 27.0 Å². The number of methoxy groups -OCH3 is 1. The molecule has 1 aliphatic rings. The van der Waals surface area contributed by atoms with Crippen LogP contribution in [0, 0.1) is 5.92 Å². The van der Waals surface area contributed by atoms with Gasteiger partial charge in [0.2, 0.25) is 0 Å². The summed E-state index contributed by atoms with van der Waals surface area (Å²) in [5, 5.41) is 7.54. The Morgan fingerprint density at radius 1 is 1.36 bits per heavy atom. The molecular weight excluding hydrogens is 280 g/mol. The van der Waals surface area contributed by atoms with Crippen molar-refractivity contribution >= 4 is 5.91 Å². The zero-order valence-electron chi connectivity index (χ0n) is 12.7. The Hall–Kier alpha value is -2.21. The van der Waals surface area contributed by atoms with Crippen LogP contribution in [0.4, 0.5) is 0 Å². The van der Waals surface area contributed by atoms with E-state index in [1.54, 1.807) is 19.4 Å². The standard InChI is InChI=1S/C16H20N4O2/c1-22-8-5-13-10-19-7-2-3-15(19)12-20(11-13)16(21)14-4-6-17-18-9-14/h2-4,6-7,9,13H,5,8,10-12H2,1H3/t13-/m0/s1. The summed E-state index contributed by atoms with van der Waals surface area (Å²) in [6, 6.07) is 5.82. The van der Waals surface area contributed by atoms with E-state index in [-0.39, 0.29) is 5.91 Å². The van der Waals surface area contributed by atoms with Crippen LogP contribution in [0.2, 0.25) is 0 Å². The van der Waals surface area contributed by atoms with Crippen LogP contribution in [0.3, 0.4) is 0 Å². The van der Waals surface area contributed by atoms with Gasteiger partial charge in [-0.05, 0) is 30.5 Å². The molecule has 0 bridgehead atoms. The lowest BCUT2D eigenvalue weighted by atomic mass is 10.1. The normalized spacial score (nSPS) is 17.9. The fraction of sp³-hybridized carbons (Fsp3) is 0.438. The van der Waals surface area contributed by atoms with Gasteiger partial charge < -0.3 is 14.2 Å². The minimum Gasteiger partial charge on any atom is -0.385 e. The van der Waals surface area contributed by atoms with Gasteiger partial charge in [-0.15, -0.1) is 0 Å². The highest BCUT2D eigenvalue weighted by molar-refractivity contribution is 5.93. The molecule has 6 heteroatoms. The van der Waals surface area contributed by atoms with E-state index in [1.807, 2.05) is 11.0 Å². The Morgan fingerprint density at radius 3 is 3.05 bits per heavy atom. The second kappa shape index (κ2) is 6.70. The maximum Gasteiger partial charge on any atom is 0.255 e. The summed E-state index contributed by atoms with van der Waals surface area (Å²) < 4.78 is 7.44. The first-order chi connectivity index (χ1) is 10.8. The fourth-order valence-corrected chi connectivity index (χ4v) is 2.90. The Kier molecular flexibility index (Phi) is 4.48. The van der Waals surface area contributed by atoms with E-state index in [9.17, 15) is 4.79 Å². The third-order valence-corrected chi connectivity index (χ3v) is 4.06. The van der Waals surface area contributed by atoms with Crippen LogP contribution in [0.5, 0.6) is 0 Å². The van der Waals surface area contributed by atoms with E-state index in [0.29, 0.717) is 24.6 Å². The van der Waals surface area contributed by atoms with Crippen LogP contribution in [-0.4, -0.2) is 45.8 Å². The van der Waals surface area contributed by atoms with Crippen molar-refractivity contribution in [2.24, 2.45) is 5.92 Å². The van der Waals surface area contributed by atoms with Gasteiger partial charge in [0.05, 0.1) is 24.5 Å². The Bertz CT molecular complexity index is 626. The number of rotatable bonds is 4. The Labute approximate surface area is 129 Å². The lowest BCUT2D eigenvalue weighted by Crippen LogP contribution is -2.34. The molecular formula is C16H20N4O2. The molecule has 0 aromatic carbocycles. The maximum atomic E-state index is 12.7. The summed E-state index contributed by atoms with van der Waals surface area (Å²) >= 11 is 0. The molecule has 0 radical (unpaired) electrons. The van der Waals surface area contributed by atoms with Crippen molar-refractivity contribution in [1.82, 2.24) is 19.7 Å². The number of ether oxygens (including phenoxy) is 1. The van der Waals surface area contributed by atoms with Crippen molar-refractivity contribution < 1.29 is 9.53 Å². The van der Waals surface area contributed by atoms with E-state index < -0.39 is 0 Å². The van der Waals surface area contributed by atoms with Gasteiger partial charge in [-0.3, -0.25) is 4.79 Å². The fourth-order valence-electron chi connectivity index (χ4n) is 2.90. The van der Waals surface area contributed by atoms with E-state index in [1.165, 1.54) is 6.20 Å². The number of fused-ring (bicyclic) bond motifs is 1. The zero-order valence-corrected chi connectivity index (χ0v) is 12.7. The van der Waals surface area contributed by atoms with Crippen molar-refractivity contribution in [1.29, 1.82) is 0 Å². The van der Waals surface area contributed by atoms with Gasteiger partial charge in [0.1, 0.15) is 0 Å². The molecule has 6 nitrogen and oxygen atoms in total. The molecule has 1 amide bonds. The second-order valence-electron chi connectivity index (χ2n) is 5.62. The topological polar surface area (TPSA) is 60.2 Å². The molecule has 0 aliphatic carbocycles. The minimum atomic E-state index is 0.00645. The third kappa shape index (κ3) is 3.17. The van der Waals surface area contributed by atoms with Gasteiger partial charge in [-0.2, -0.15) is 10.2 Å². The highest BCUT2D eigenvalue weighted by Crippen LogP contribution is 2.21. The van der Waals surface area contributed by atoms with Crippen molar-refractivity contribution in [2.75, 3.05) is 20.3 Å². The van der Waals surface area contributed by atoms with Crippen LogP contribution < -0.4 is 0 Å². The largest absolute Gasteiger partial charge is 0.385 e. The molecule has 0 spiro atoms. The summed E-state index contributed by atoms with van der Waals surface area (Å²) in [5.41, 5.74) is 1.75. The molecule has 1 aliphatic heterocycles. The quantitative estimate of drug-likeness (QED) is 0.860. The Balaban J connectivity index is 1.82.